The van der Waals surface area contributed by atoms with Crippen LogP contribution in [-0.4, -0.2) is 50.2 Å². The Hall–Kier alpha value is -2.77. The molecule has 8 nitrogen and oxygen atoms in total. The van der Waals surface area contributed by atoms with Crippen molar-refractivity contribution in [2.45, 2.75) is 32.6 Å². The van der Waals surface area contributed by atoms with Gasteiger partial charge in [-0.2, -0.15) is 4.98 Å². The first kappa shape index (κ1) is 20.0. The van der Waals surface area contributed by atoms with Gasteiger partial charge in [-0.1, -0.05) is 0 Å². The smallest absolute Gasteiger partial charge is 0.307 e. The number of methoxy groups -OCH3 is 1. The van der Waals surface area contributed by atoms with E-state index >= 15 is 0 Å². The molecule has 1 N–H and O–H groups in total. The molecule has 1 aliphatic heterocycles. The van der Waals surface area contributed by atoms with Gasteiger partial charge in [0.2, 0.25) is 5.91 Å². The van der Waals surface area contributed by atoms with E-state index in [9.17, 15) is 9.59 Å². The number of aromatic nitrogens is 1. The molecule has 1 aliphatic rings. The van der Waals surface area contributed by atoms with Gasteiger partial charge in [-0.3, -0.25) is 9.59 Å². The lowest BCUT2D eigenvalue weighted by atomic mass is 9.94. The molecule has 1 amide bonds. The van der Waals surface area contributed by atoms with Crippen LogP contribution in [0, 0.1) is 5.92 Å². The van der Waals surface area contributed by atoms with Gasteiger partial charge in [0.15, 0.2) is 5.58 Å². The molecular weight excluding hydrogens is 362 g/mol. The fourth-order valence-corrected chi connectivity index (χ4v) is 3.43. The highest BCUT2D eigenvalue weighted by molar-refractivity contribution is 5.78. The Morgan fingerprint density at radius 2 is 2.25 bits per heavy atom. The van der Waals surface area contributed by atoms with Crippen molar-refractivity contribution in [3.05, 3.63) is 18.2 Å². The number of nitrogens with zero attached hydrogens (tertiary/aromatic N) is 2. The van der Waals surface area contributed by atoms with E-state index in [2.05, 4.69) is 15.2 Å². The van der Waals surface area contributed by atoms with Crippen molar-refractivity contribution < 1.29 is 23.5 Å². The maximum atomic E-state index is 12.2. The van der Waals surface area contributed by atoms with Crippen molar-refractivity contribution in [3.8, 4) is 5.75 Å². The van der Waals surface area contributed by atoms with Crippen molar-refractivity contribution in [1.82, 2.24) is 10.3 Å². The van der Waals surface area contributed by atoms with E-state index < -0.39 is 0 Å². The van der Waals surface area contributed by atoms with Crippen LogP contribution in [0.5, 0.6) is 5.75 Å². The second-order valence-electron chi connectivity index (χ2n) is 6.89. The highest BCUT2D eigenvalue weighted by Gasteiger charge is 2.25. The van der Waals surface area contributed by atoms with Gasteiger partial charge in [-0.15, -0.1) is 0 Å². The number of hydrogen-bond donors (Lipinski definition) is 1. The molecule has 2 heterocycles. The average molecular weight is 389 g/mol. The number of nitrogens with one attached hydrogen (secondary N) is 1. The van der Waals surface area contributed by atoms with Gasteiger partial charge in [0.25, 0.3) is 6.01 Å². The van der Waals surface area contributed by atoms with Crippen LogP contribution in [0.2, 0.25) is 0 Å². The maximum Gasteiger partial charge on any atom is 0.307 e. The number of amides is 1. The Kier molecular flexibility index (Phi) is 6.73. The first-order valence-electron chi connectivity index (χ1n) is 9.71. The van der Waals surface area contributed by atoms with E-state index in [1.807, 2.05) is 18.2 Å². The van der Waals surface area contributed by atoms with Crippen molar-refractivity contribution >= 4 is 29.0 Å². The van der Waals surface area contributed by atoms with Crippen LogP contribution in [-0.2, 0) is 14.3 Å². The number of esters is 1. The second kappa shape index (κ2) is 9.43. The van der Waals surface area contributed by atoms with E-state index in [1.165, 1.54) is 0 Å². The number of carbonyl (C=O) groups excluding carboxylic acids is 2. The Labute approximate surface area is 164 Å². The summed E-state index contributed by atoms with van der Waals surface area (Å²) in [5, 5.41) is 2.80. The molecule has 1 atom stereocenters. The number of rotatable bonds is 8. The Morgan fingerprint density at radius 3 is 3.04 bits per heavy atom. The molecular formula is C20H27N3O5. The molecule has 1 unspecified atom stereocenters. The molecule has 152 valence electrons. The van der Waals surface area contributed by atoms with Crippen LogP contribution < -0.4 is 15.0 Å². The van der Waals surface area contributed by atoms with Gasteiger partial charge >= 0.3 is 5.97 Å². The largest absolute Gasteiger partial charge is 0.497 e. The van der Waals surface area contributed by atoms with Crippen LogP contribution in [0.4, 0.5) is 6.01 Å². The molecule has 8 heteroatoms. The molecule has 1 saturated heterocycles. The fraction of sp³-hybridized carbons (Fsp3) is 0.550. The number of fused-ring (bicyclic) bond motifs is 1. The molecule has 1 fully saturated rings. The Bertz CT molecular complexity index is 819. The van der Waals surface area contributed by atoms with Gasteiger partial charge < -0.3 is 24.1 Å². The quantitative estimate of drug-likeness (QED) is 0.693. The summed E-state index contributed by atoms with van der Waals surface area (Å²) >= 11 is 0. The number of ether oxygens (including phenoxy) is 2. The zero-order valence-electron chi connectivity index (χ0n) is 16.4. The van der Waals surface area contributed by atoms with Gasteiger partial charge in [-0.25, -0.2) is 0 Å². The normalized spacial score (nSPS) is 16.8. The van der Waals surface area contributed by atoms with Gasteiger partial charge in [-0.05, 0) is 37.8 Å². The summed E-state index contributed by atoms with van der Waals surface area (Å²) in [5.74, 6) is 0.627. The van der Waals surface area contributed by atoms with E-state index in [1.54, 1.807) is 14.0 Å². The molecule has 0 bridgehead atoms. The number of piperidine rings is 1. The molecule has 0 spiro atoms. The Morgan fingerprint density at radius 1 is 1.39 bits per heavy atom. The Balaban J connectivity index is 1.52. The van der Waals surface area contributed by atoms with E-state index in [-0.39, 0.29) is 24.2 Å². The summed E-state index contributed by atoms with van der Waals surface area (Å²) < 4.78 is 16.0. The minimum absolute atomic E-state index is 0.0431. The maximum absolute atomic E-state index is 12.2. The standard InChI is InChI=1S/C20H27N3O5/c1-3-27-19(25)8-9-21-18(24)11-14-5-4-10-23(13-14)20-22-16-12-15(26-2)6-7-17(16)28-20/h6-7,12,14H,3-5,8-11,13H2,1-2H3,(H,21,24). The summed E-state index contributed by atoms with van der Waals surface area (Å²) in [6, 6.07) is 6.12. The van der Waals surface area contributed by atoms with Crippen molar-refractivity contribution in [2.24, 2.45) is 5.92 Å². The summed E-state index contributed by atoms with van der Waals surface area (Å²) in [6.07, 6.45) is 2.58. The van der Waals surface area contributed by atoms with E-state index in [0.29, 0.717) is 25.6 Å². The molecule has 2 aromatic rings. The summed E-state index contributed by atoms with van der Waals surface area (Å²) in [5.41, 5.74) is 1.47. The number of oxazole rings is 1. The molecule has 0 saturated carbocycles. The van der Waals surface area contributed by atoms with Gasteiger partial charge in [0.05, 0.1) is 20.1 Å². The van der Waals surface area contributed by atoms with Crippen LogP contribution in [0.25, 0.3) is 11.1 Å². The number of benzene rings is 1. The lowest BCUT2D eigenvalue weighted by molar-refractivity contribution is -0.143. The summed E-state index contributed by atoms with van der Waals surface area (Å²) in [4.78, 5) is 30.2. The highest BCUT2D eigenvalue weighted by Crippen LogP contribution is 2.29. The lowest BCUT2D eigenvalue weighted by Gasteiger charge is -2.31. The van der Waals surface area contributed by atoms with E-state index in [0.717, 1.165) is 42.8 Å². The fourth-order valence-electron chi connectivity index (χ4n) is 3.43. The molecule has 0 aliphatic carbocycles. The topological polar surface area (TPSA) is 93.9 Å². The van der Waals surface area contributed by atoms with Crippen molar-refractivity contribution in [2.75, 3.05) is 38.3 Å². The minimum atomic E-state index is -0.292. The van der Waals surface area contributed by atoms with Crippen LogP contribution in [0.15, 0.2) is 22.6 Å². The number of hydrogen-bond acceptors (Lipinski definition) is 7. The van der Waals surface area contributed by atoms with E-state index in [4.69, 9.17) is 13.9 Å². The zero-order valence-corrected chi connectivity index (χ0v) is 16.4. The highest BCUT2D eigenvalue weighted by atomic mass is 16.5. The molecule has 0 radical (unpaired) electrons. The third-order valence-electron chi connectivity index (χ3n) is 4.80. The molecule has 3 rings (SSSR count). The van der Waals surface area contributed by atoms with Crippen LogP contribution >= 0.6 is 0 Å². The third kappa shape index (κ3) is 5.15. The molecule has 1 aromatic carbocycles. The second-order valence-corrected chi connectivity index (χ2v) is 6.89. The third-order valence-corrected chi connectivity index (χ3v) is 4.80. The monoisotopic (exact) mass is 389 g/mol. The zero-order chi connectivity index (χ0) is 19.9. The average Bonchev–Trinajstić information content (AvgIpc) is 3.11. The van der Waals surface area contributed by atoms with Gasteiger partial charge in [0, 0.05) is 32.1 Å². The summed E-state index contributed by atoms with van der Waals surface area (Å²) in [7, 11) is 1.62. The number of carbonyl (C=O) groups is 2. The number of anilines is 1. The van der Waals surface area contributed by atoms with Crippen LogP contribution in [0.3, 0.4) is 0 Å². The molecule has 1 aromatic heterocycles. The minimum Gasteiger partial charge on any atom is -0.497 e. The predicted octanol–water partition coefficient (Wildman–Crippen LogP) is 2.51. The van der Waals surface area contributed by atoms with Gasteiger partial charge in [0.1, 0.15) is 11.3 Å². The SMILES string of the molecule is CCOC(=O)CCNC(=O)CC1CCCN(c2nc3cc(OC)ccc3o2)C1. The molecule has 28 heavy (non-hydrogen) atoms. The predicted molar refractivity (Wildman–Crippen MR) is 104 cm³/mol. The van der Waals surface area contributed by atoms with Crippen molar-refractivity contribution in [1.29, 1.82) is 0 Å². The first-order valence-corrected chi connectivity index (χ1v) is 9.71. The van der Waals surface area contributed by atoms with Crippen LogP contribution in [0.1, 0.15) is 32.6 Å². The van der Waals surface area contributed by atoms with Crippen molar-refractivity contribution in [3.63, 3.8) is 0 Å². The first-order chi connectivity index (χ1) is 13.6. The summed E-state index contributed by atoms with van der Waals surface area (Å²) in [6.45, 7) is 3.99. The lowest BCUT2D eigenvalue weighted by Crippen LogP contribution is -2.38.